The van der Waals surface area contributed by atoms with Crippen LogP contribution in [-0.4, -0.2) is 35.1 Å². The van der Waals surface area contributed by atoms with Gasteiger partial charge in [-0.2, -0.15) is 0 Å². The topological polar surface area (TPSA) is 28.2 Å². The molecule has 1 aromatic heterocycles. The van der Waals surface area contributed by atoms with Gasteiger partial charge in [0, 0.05) is 25.2 Å². The van der Waals surface area contributed by atoms with Crippen molar-refractivity contribution in [2.75, 3.05) is 13.1 Å². The molecule has 0 spiro atoms. The number of hydrogen-bond donors (Lipinski definition) is 1. The van der Waals surface area contributed by atoms with Crippen molar-refractivity contribution in [1.29, 1.82) is 0 Å². The van der Waals surface area contributed by atoms with E-state index in [0.717, 1.165) is 25.2 Å². The van der Waals surface area contributed by atoms with E-state index in [1.807, 2.05) is 11.3 Å². The summed E-state index contributed by atoms with van der Waals surface area (Å²) < 4.78 is 1.29. The molecular formula is C17H25N3S. The number of fused-ring (bicyclic) bond motifs is 1. The van der Waals surface area contributed by atoms with E-state index in [1.165, 1.54) is 9.71 Å². The van der Waals surface area contributed by atoms with Crippen molar-refractivity contribution in [1.82, 2.24) is 15.2 Å². The van der Waals surface area contributed by atoms with Crippen LogP contribution in [0.15, 0.2) is 24.3 Å². The second-order valence-electron chi connectivity index (χ2n) is 7.18. The number of nitrogens with zero attached hydrogens (tertiary/aromatic N) is 2. The van der Waals surface area contributed by atoms with E-state index >= 15 is 0 Å². The molecule has 1 aromatic carbocycles. The maximum Gasteiger partial charge on any atom is 0.108 e. The van der Waals surface area contributed by atoms with Gasteiger partial charge in [0.1, 0.15) is 5.01 Å². The van der Waals surface area contributed by atoms with Gasteiger partial charge < -0.3 is 5.32 Å². The lowest BCUT2D eigenvalue weighted by atomic mass is 9.85. The fourth-order valence-corrected chi connectivity index (χ4v) is 3.88. The Balaban J connectivity index is 1.75. The van der Waals surface area contributed by atoms with Crippen LogP contribution in [0, 0.1) is 5.41 Å². The number of rotatable bonds is 2. The lowest BCUT2D eigenvalue weighted by Gasteiger charge is -2.43. The smallest absolute Gasteiger partial charge is 0.108 e. The molecule has 1 aliphatic rings. The molecule has 2 heterocycles. The van der Waals surface area contributed by atoms with Gasteiger partial charge in [0.2, 0.25) is 0 Å². The van der Waals surface area contributed by atoms with E-state index in [0.29, 0.717) is 17.5 Å². The van der Waals surface area contributed by atoms with E-state index in [-0.39, 0.29) is 0 Å². The fourth-order valence-electron chi connectivity index (χ4n) is 2.88. The molecule has 0 aliphatic carbocycles. The van der Waals surface area contributed by atoms with Crippen LogP contribution in [0.1, 0.15) is 32.7 Å². The Kier molecular flexibility index (Phi) is 4.04. The molecule has 21 heavy (non-hydrogen) atoms. The maximum atomic E-state index is 4.78. The SMILES string of the molecule is CC1CNC(C(C)(C)C)CN1Cc1nc2ccccc2s1. The van der Waals surface area contributed by atoms with Gasteiger partial charge in [0.05, 0.1) is 16.8 Å². The number of piperazine rings is 1. The second kappa shape index (κ2) is 5.67. The first kappa shape index (κ1) is 14.9. The van der Waals surface area contributed by atoms with Crippen LogP contribution in [0.25, 0.3) is 10.2 Å². The Morgan fingerprint density at radius 1 is 1.33 bits per heavy atom. The van der Waals surface area contributed by atoms with Crippen molar-refractivity contribution < 1.29 is 0 Å². The molecule has 1 N–H and O–H groups in total. The average Bonchev–Trinajstić information content (AvgIpc) is 2.82. The molecule has 0 radical (unpaired) electrons. The van der Waals surface area contributed by atoms with Crippen molar-refractivity contribution in [2.24, 2.45) is 5.41 Å². The van der Waals surface area contributed by atoms with Crippen LogP contribution < -0.4 is 5.32 Å². The zero-order chi connectivity index (χ0) is 15.0. The summed E-state index contributed by atoms with van der Waals surface area (Å²) >= 11 is 1.83. The molecule has 1 saturated heterocycles. The average molecular weight is 303 g/mol. The molecule has 2 atom stereocenters. The third-order valence-electron chi connectivity index (χ3n) is 4.42. The van der Waals surface area contributed by atoms with Crippen LogP contribution in [0.4, 0.5) is 0 Å². The van der Waals surface area contributed by atoms with E-state index in [2.05, 4.69) is 62.2 Å². The van der Waals surface area contributed by atoms with Gasteiger partial charge in [-0.05, 0) is 24.5 Å². The van der Waals surface area contributed by atoms with Gasteiger partial charge in [0.15, 0.2) is 0 Å². The van der Waals surface area contributed by atoms with Crippen LogP contribution in [-0.2, 0) is 6.54 Å². The first-order valence-electron chi connectivity index (χ1n) is 7.75. The summed E-state index contributed by atoms with van der Waals surface area (Å²) in [5.41, 5.74) is 1.43. The summed E-state index contributed by atoms with van der Waals surface area (Å²) in [6.07, 6.45) is 0. The quantitative estimate of drug-likeness (QED) is 0.920. The lowest BCUT2D eigenvalue weighted by molar-refractivity contribution is 0.0877. The number of para-hydroxylation sites is 1. The normalized spacial score (nSPS) is 24.6. The third kappa shape index (κ3) is 3.28. The molecule has 0 bridgehead atoms. The Morgan fingerprint density at radius 3 is 2.81 bits per heavy atom. The molecule has 1 fully saturated rings. The van der Waals surface area contributed by atoms with E-state index in [1.54, 1.807) is 0 Å². The highest BCUT2D eigenvalue weighted by Crippen LogP contribution is 2.27. The van der Waals surface area contributed by atoms with Crippen LogP contribution >= 0.6 is 11.3 Å². The summed E-state index contributed by atoms with van der Waals surface area (Å²) in [4.78, 5) is 7.36. The Bertz CT molecular complexity index is 581. The van der Waals surface area contributed by atoms with Gasteiger partial charge in [-0.15, -0.1) is 11.3 Å². The van der Waals surface area contributed by atoms with Gasteiger partial charge in [0.25, 0.3) is 0 Å². The number of aromatic nitrogens is 1. The second-order valence-corrected chi connectivity index (χ2v) is 8.30. The molecule has 1 aliphatic heterocycles. The van der Waals surface area contributed by atoms with Gasteiger partial charge >= 0.3 is 0 Å². The van der Waals surface area contributed by atoms with Crippen LogP contribution in [0.5, 0.6) is 0 Å². The molecule has 114 valence electrons. The van der Waals surface area contributed by atoms with Gasteiger partial charge in [-0.1, -0.05) is 32.9 Å². The summed E-state index contributed by atoms with van der Waals surface area (Å²) in [6.45, 7) is 12.4. The number of thiazole rings is 1. The Hall–Kier alpha value is -0.970. The molecule has 2 aromatic rings. The third-order valence-corrected chi connectivity index (χ3v) is 5.44. The zero-order valence-electron chi connectivity index (χ0n) is 13.4. The predicted molar refractivity (Wildman–Crippen MR) is 90.7 cm³/mol. The first-order chi connectivity index (χ1) is 9.93. The van der Waals surface area contributed by atoms with Gasteiger partial charge in [-0.3, -0.25) is 4.90 Å². The summed E-state index contributed by atoms with van der Waals surface area (Å²) in [5.74, 6) is 0. The molecule has 3 nitrogen and oxygen atoms in total. The Morgan fingerprint density at radius 2 is 2.10 bits per heavy atom. The highest BCUT2D eigenvalue weighted by molar-refractivity contribution is 7.18. The van der Waals surface area contributed by atoms with Crippen LogP contribution in [0.2, 0.25) is 0 Å². The van der Waals surface area contributed by atoms with Crippen LogP contribution in [0.3, 0.4) is 0 Å². The van der Waals surface area contributed by atoms with Crippen molar-refractivity contribution in [3.05, 3.63) is 29.3 Å². The minimum absolute atomic E-state index is 0.298. The Labute approximate surface area is 131 Å². The van der Waals surface area contributed by atoms with Crippen molar-refractivity contribution in [3.8, 4) is 0 Å². The molecular weight excluding hydrogens is 278 g/mol. The van der Waals surface area contributed by atoms with E-state index in [9.17, 15) is 0 Å². The van der Waals surface area contributed by atoms with E-state index in [4.69, 9.17) is 4.98 Å². The van der Waals surface area contributed by atoms with Crippen molar-refractivity contribution in [3.63, 3.8) is 0 Å². The highest BCUT2D eigenvalue weighted by Gasteiger charge is 2.32. The predicted octanol–water partition coefficient (Wildman–Crippen LogP) is 3.50. The molecule has 2 unspecified atom stereocenters. The van der Waals surface area contributed by atoms with Crippen molar-refractivity contribution in [2.45, 2.75) is 46.3 Å². The molecule has 0 saturated carbocycles. The maximum absolute atomic E-state index is 4.78. The summed E-state index contributed by atoms with van der Waals surface area (Å²) in [5, 5.41) is 4.93. The highest BCUT2D eigenvalue weighted by atomic mass is 32.1. The lowest BCUT2D eigenvalue weighted by Crippen LogP contribution is -2.59. The molecule has 3 rings (SSSR count). The fraction of sp³-hybridized carbons (Fsp3) is 0.588. The molecule has 0 amide bonds. The van der Waals surface area contributed by atoms with Gasteiger partial charge in [-0.25, -0.2) is 4.98 Å². The standard InChI is InChI=1S/C17H25N3S/c1-12-9-18-15(17(2,3)4)10-20(12)11-16-19-13-7-5-6-8-14(13)21-16/h5-8,12,15,18H,9-11H2,1-4H3. The minimum Gasteiger partial charge on any atom is -0.311 e. The number of hydrogen-bond acceptors (Lipinski definition) is 4. The summed E-state index contributed by atoms with van der Waals surface area (Å²) in [6, 6.07) is 9.53. The summed E-state index contributed by atoms with van der Waals surface area (Å²) in [7, 11) is 0. The number of benzene rings is 1. The number of nitrogens with one attached hydrogen (secondary N) is 1. The largest absolute Gasteiger partial charge is 0.311 e. The minimum atomic E-state index is 0.298. The monoisotopic (exact) mass is 303 g/mol. The first-order valence-corrected chi connectivity index (χ1v) is 8.57. The zero-order valence-corrected chi connectivity index (χ0v) is 14.2. The van der Waals surface area contributed by atoms with Crippen molar-refractivity contribution >= 4 is 21.6 Å². The molecule has 4 heteroatoms. The van der Waals surface area contributed by atoms with E-state index < -0.39 is 0 Å².